The average molecular weight is 350 g/mol. The average Bonchev–Trinajstić information content (AvgIpc) is 2.66. The number of amides is 1. The molecule has 0 aliphatic heterocycles. The fourth-order valence-corrected chi connectivity index (χ4v) is 2.69. The van der Waals surface area contributed by atoms with E-state index in [1.165, 1.54) is 6.07 Å². The van der Waals surface area contributed by atoms with Crippen LogP contribution in [0.15, 0.2) is 65.5 Å². The Hall–Kier alpha value is -3.41. The van der Waals surface area contributed by atoms with Gasteiger partial charge in [0.15, 0.2) is 6.61 Å². The number of carbonyl (C=O) groups excluding carboxylic acids is 2. The number of pyridine rings is 1. The Bertz CT molecular complexity index is 995. The van der Waals surface area contributed by atoms with Crippen molar-refractivity contribution in [3.63, 3.8) is 0 Å². The third-order valence-corrected chi connectivity index (χ3v) is 3.98. The van der Waals surface area contributed by atoms with Crippen molar-refractivity contribution in [1.82, 2.24) is 10.3 Å². The zero-order chi connectivity index (χ0) is 18.5. The van der Waals surface area contributed by atoms with Gasteiger partial charge in [0, 0.05) is 17.0 Å². The third kappa shape index (κ3) is 3.97. The molecule has 1 amide bonds. The molecule has 6 heteroatoms. The van der Waals surface area contributed by atoms with Crippen LogP contribution >= 0.6 is 0 Å². The molecule has 0 unspecified atom stereocenters. The number of aromatic amines is 1. The summed E-state index contributed by atoms with van der Waals surface area (Å²) in [5.74, 6) is -1.13. The maximum absolute atomic E-state index is 12.3. The Morgan fingerprint density at radius 1 is 1.08 bits per heavy atom. The number of rotatable bonds is 5. The minimum Gasteiger partial charge on any atom is -0.452 e. The fraction of sp³-hybridized carbons (Fsp3) is 0.150. The summed E-state index contributed by atoms with van der Waals surface area (Å²) in [7, 11) is 0. The lowest BCUT2D eigenvalue weighted by atomic mass is 10.1. The lowest BCUT2D eigenvalue weighted by Crippen LogP contribution is -2.31. The number of fused-ring (bicyclic) bond motifs is 1. The number of hydrogen-bond donors (Lipinski definition) is 2. The molecule has 6 nitrogen and oxygen atoms in total. The number of benzene rings is 2. The van der Waals surface area contributed by atoms with Crippen molar-refractivity contribution in [3.8, 4) is 0 Å². The predicted molar refractivity (Wildman–Crippen MR) is 97.9 cm³/mol. The van der Waals surface area contributed by atoms with Crippen molar-refractivity contribution >= 4 is 22.8 Å². The first-order valence-corrected chi connectivity index (χ1v) is 8.18. The van der Waals surface area contributed by atoms with Crippen LogP contribution in [0.1, 0.15) is 28.9 Å². The van der Waals surface area contributed by atoms with Gasteiger partial charge in [-0.1, -0.05) is 48.5 Å². The van der Waals surface area contributed by atoms with Gasteiger partial charge >= 0.3 is 5.97 Å². The lowest BCUT2D eigenvalue weighted by molar-refractivity contribution is -0.124. The van der Waals surface area contributed by atoms with Gasteiger partial charge < -0.3 is 15.0 Å². The first-order chi connectivity index (χ1) is 12.5. The summed E-state index contributed by atoms with van der Waals surface area (Å²) >= 11 is 0. The van der Waals surface area contributed by atoms with Gasteiger partial charge in [-0.15, -0.1) is 0 Å². The first-order valence-electron chi connectivity index (χ1n) is 8.18. The molecule has 26 heavy (non-hydrogen) atoms. The number of hydrogen-bond acceptors (Lipinski definition) is 4. The van der Waals surface area contributed by atoms with Crippen LogP contribution in [0, 0.1) is 0 Å². The SMILES string of the molecule is C[C@H](NC(=O)COC(=O)c1cc(=O)[nH]c2ccccc12)c1ccccc1. The molecule has 0 aliphatic carbocycles. The highest BCUT2D eigenvalue weighted by atomic mass is 16.5. The van der Waals surface area contributed by atoms with Crippen LogP contribution in [0.5, 0.6) is 0 Å². The van der Waals surface area contributed by atoms with Gasteiger partial charge in [-0.05, 0) is 18.6 Å². The Labute approximate surface area is 149 Å². The Morgan fingerprint density at radius 2 is 1.77 bits per heavy atom. The zero-order valence-corrected chi connectivity index (χ0v) is 14.2. The van der Waals surface area contributed by atoms with Crippen LogP contribution in [0.3, 0.4) is 0 Å². The molecule has 0 saturated heterocycles. The molecule has 1 atom stereocenters. The highest BCUT2D eigenvalue weighted by Gasteiger charge is 2.16. The molecule has 0 aliphatic rings. The summed E-state index contributed by atoms with van der Waals surface area (Å²) in [5.41, 5.74) is 1.22. The van der Waals surface area contributed by atoms with Crippen LogP contribution in [-0.2, 0) is 9.53 Å². The number of H-pyrrole nitrogens is 1. The Kier molecular flexibility index (Phi) is 5.12. The van der Waals surface area contributed by atoms with Crippen LogP contribution < -0.4 is 10.9 Å². The molecule has 3 rings (SSSR count). The standard InChI is InChI=1S/C20H18N2O4/c1-13(14-7-3-2-4-8-14)21-19(24)12-26-20(25)16-11-18(23)22-17-10-6-5-9-15(16)17/h2-11,13H,12H2,1H3,(H,21,24)(H,22,23)/t13-/m0/s1. The predicted octanol–water partition coefficient (Wildman–Crippen LogP) is 2.56. The summed E-state index contributed by atoms with van der Waals surface area (Å²) < 4.78 is 5.09. The highest BCUT2D eigenvalue weighted by molar-refractivity contribution is 6.03. The molecule has 2 N–H and O–H groups in total. The largest absolute Gasteiger partial charge is 0.452 e. The molecular formula is C20H18N2O4. The summed E-state index contributed by atoms with van der Waals surface area (Å²) in [6.07, 6.45) is 0. The van der Waals surface area contributed by atoms with Crippen molar-refractivity contribution in [3.05, 3.63) is 82.1 Å². The molecule has 2 aromatic carbocycles. The molecule has 0 bridgehead atoms. The van der Waals surface area contributed by atoms with E-state index in [9.17, 15) is 14.4 Å². The van der Waals surface area contributed by atoms with E-state index in [-0.39, 0.29) is 11.6 Å². The van der Waals surface area contributed by atoms with Crippen molar-refractivity contribution in [2.45, 2.75) is 13.0 Å². The van der Waals surface area contributed by atoms with Gasteiger partial charge in [0.2, 0.25) is 5.56 Å². The zero-order valence-electron chi connectivity index (χ0n) is 14.2. The van der Waals surface area contributed by atoms with Crippen molar-refractivity contribution in [2.75, 3.05) is 6.61 Å². The summed E-state index contributed by atoms with van der Waals surface area (Å²) in [5, 5.41) is 3.33. The van der Waals surface area contributed by atoms with E-state index in [0.29, 0.717) is 10.9 Å². The first kappa shape index (κ1) is 17.4. The maximum atomic E-state index is 12.3. The van der Waals surface area contributed by atoms with E-state index in [2.05, 4.69) is 10.3 Å². The summed E-state index contributed by atoms with van der Waals surface area (Å²) in [6, 6.07) is 17.4. The second-order valence-electron chi connectivity index (χ2n) is 5.87. The Balaban J connectivity index is 1.66. The second-order valence-corrected chi connectivity index (χ2v) is 5.87. The Morgan fingerprint density at radius 3 is 2.54 bits per heavy atom. The van der Waals surface area contributed by atoms with Gasteiger partial charge in [0.25, 0.3) is 5.91 Å². The van der Waals surface area contributed by atoms with Crippen LogP contribution in [0.25, 0.3) is 10.9 Å². The third-order valence-electron chi connectivity index (χ3n) is 3.98. The highest BCUT2D eigenvalue weighted by Crippen LogP contribution is 2.15. The molecule has 0 fully saturated rings. The molecular weight excluding hydrogens is 332 g/mol. The topological polar surface area (TPSA) is 88.3 Å². The minimum absolute atomic E-state index is 0.133. The maximum Gasteiger partial charge on any atom is 0.339 e. The van der Waals surface area contributed by atoms with Crippen LogP contribution in [-0.4, -0.2) is 23.5 Å². The monoisotopic (exact) mass is 350 g/mol. The van der Waals surface area contributed by atoms with Crippen LogP contribution in [0.2, 0.25) is 0 Å². The van der Waals surface area contributed by atoms with Gasteiger partial charge in [-0.2, -0.15) is 0 Å². The van der Waals surface area contributed by atoms with Crippen molar-refractivity contribution in [2.24, 2.45) is 0 Å². The molecule has 0 saturated carbocycles. The van der Waals surface area contributed by atoms with E-state index in [1.54, 1.807) is 24.3 Å². The number of nitrogens with one attached hydrogen (secondary N) is 2. The molecule has 0 radical (unpaired) electrons. The number of para-hydroxylation sites is 1. The number of esters is 1. The summed E-state index contributed by atoms with van der Waals surface area (Å²) in [6.45, 7) is 1.43. The molecule has 132 valence electrons. The second kappa shape index (κ2) is 7.65. The van der Waals surface area contributed by atoms with Gasteiger partial charge in [-0.25, -0.2) is 4.79 Å². The van der Waals surface area contributed by atoms with E-state index in [4.69, 9.17) is 4.74 Å². The van der Waals surface area contributed by atoms with Crippen molar-refractivity contribution < 1.29 is 14.3 Å². The number of carbonyl (C=O) groups is 2. The van der Waals surface area contributed by atoms with E-state index >= 15 is 0 Å². The molecule has 0 spiro atoms. The fourth-order valence-electron chi connectivity index (χ4n) is 2.69. The lowest BCUT2D eigenvalue weighted by Gasteiger charge is -2.14. The van der Waals surface area contributed by atoms with Crippen molar-refractivity contribution in [1.29, 1.82) is 0 Å². The molecule has 1 heterocycles. The van der Waals surface area contributed by atoms with Gasteiger partial charge in [-0.3, -0.25) is 9.59 Å². The van der Waals surface area contributed by atoms with E-state index in [0.717, 1.165) is 5.56 Å². The normalized spacial score (nSPS) is 11.7. The van der Waals surface area contributed by atoms with E-state index < -0.39 is 24.0 Å². The quantitative estimate of drug-likeness (QED) is 0.692. The van der Waals surface area contributed by atoms with Crippen LogP contribution in [0.4, 0.5) is 0 Å². The number of ether oxygens (including phenoxy) is 1. The summed E-state index contributed by atoms with van der Waals surface area (Å²) in [4.78, 5) is 38.7. The number of aromatic nitrogens is 1. The van der Waals surface area contributed by atoms with E-state index in [1.807, 2.05) is 37.3 Å². The minimum atomic E-state index is -0.713. The smallest absolute Gasteiger partial charge is 0.339 e. The molecule has 1 aromatic heterocycles. The molecule has 3 aromatic rings. The van der Waals surface area contributed by atoms with Gasteiger partial charge in [0.05, 0.1) is 11.6 Å². The van der Waals surface area contributed by atoms with Gasteiger partial charge in [0.1, 0.15) is 0 Å².